The van der Waals surface area contributed by atoms with Crippen molar-refractivity contribution in [3.05, 3.63) is 54.4 Å². The number of benzene rings is 1. The highest BCUT2D eigenvalue weighted by Gasteiger charge is 2.64. The lowest BCUT2D eigenvalue weighted by Gasteiger charge is -2.53. The van der Waals surface area contributed by atoms with Crippen LogP contribution in [0.25, 0.3) is 11.0 Å². The van der Waals surface area contributed by atoms with Crippen molar-refractivity contribution >= 4 is 33.6 Å². The van der Waals surface area contributed by atoms with Gasteiger partial charge in [0.05, 0.1) is 10.5 Å². The third kappa shape index (κ3) is 2.35. The van der Waals surface area contributed by atoms with Crippen LogP contribution in [-0.2, 0) is 20.3 Å². The Bertz CT molecular complexity index is 1220. The molecule has 3 aliphatic rings. The molecule has 0 amide bonds. The molecule has 1 saturated carbocycles. The number of hydrogen-bond acceptors (Lipinski definition) is 5. The Labute approximate surface area is 168 Å². The first-order valence-corrected chi connectivity index (χ1v) is 11.2. The Morgan fingerprint density at radius 1 is 1.21 bits per heavy atom. The molecule has 3 aromatic rings. The maximum atomic E-state index is 13.0. The molecule has 2 aromatic heterocycles. The summed E-state index contributed by atoms with van der Waals surface area (Å²) in [4.78, 5) is 7.83. The molecule has 0 unspecified atom stereocenters. The lowest BCUT2D eigenvalue weighted by Crippen LogP contribution is -2.52. The van der Waals surface area contributed by atoms with E-state index in [4.69, 9.17) is 4.65 Å². The lowest BCUT2D eigenvalue weighted by molar-refractivity contribution is -0.108. The molecule has 2 spiro atoms. The molecule has 0 bridgehead atoms. The lowest BCUT2D eigenvalue weighted by atomic mass is 9.56. The molecule has 2 N–H and O–H groups in total. The quantitative estimate of drug-likeness (QED) is 0.623. The minimum absolute atomic E-state index is 0.116. The van der Waals surface area contributed by atoms with Crippen molar-refractivity contribution in [3.8, 4) is 0 Å². The third-order valence-electron chi connectivity index (χ3n) is 6.78. The van der Waals surface area contributed by atoms with Crippen molar-refractivity contribution in [3.63, 3.8) is 0 Å². The summed E-state index contributed by atoms with van der Waals surface area (Å²) in [5.41, 5.74) is 1.83. The summed E-state index contributed by atoms with van der Waals surface area (Å²) in [6, 6.07) is 10.6. The molecule has 0 radical (unpaired) electrons. The van der Waals surface area contributed by atoms with E-state index in [0.717, 1.165) is 28.5 Å². The van der Waals surface area contributed by atoms with Gasteiger partial charge >= 0.3 is 7.12 Å². The molecule has 2 fully saturated rings. The van der Waals surface area contributed by atoms with Gasteiger partial charge in [-0.2, -0.15) is 4.31 Å². The Hall–Kier alpha value is -2.20. The molecule has 148 valence electrons. The van der Waals surface area contributed by atoms with Crippen LogP contribution < -0.4 is 5.46 Å². The number of nitrogens with zero attached hydrogens (tertiary/aromatic N) is 2. The van der Waals surface area contributed by atoms with E-state index < -0.39 is 22.7 Å². The summed E-state index contributed by atoms with van der Waals surface area (Å²) >= 11 is 0. The van der Waals surface area contributed by atoms with Crippen LogP contribution in [-0.4, -0.2) is 47.9 Å². The van der Waals surface area contributed by atoms with Gasteiger partial charge in [-0.3, -0.25) is 0 Å². The van der Waals surface area contributed by atoms with Crippen LogP contribution >= 0.6 is 0 Å². The van der Waals surface area contributed by atoms with Gasteiger partial charge in [0.25, 0.3) is 0 Å². The summed E-state index contributed by atoms with van der Waals surface area (Å²) in [5, 5.41) is 11.4. The number of aromatic nitrogens is 2. The normalized spacial score (nSPS) is 29.1. The second-order valence-corrected chi connectivity index (χ2v) is 10.5. The molecule has 7 nitrogen and oxygen atoms in total. The number of sulfonamides is 1. The zero-order chi connectivity index (χ0) is 19.9. The molecule has 1 aliphatic carbocycles. The molecular weight excluding hydrogens is 389 g/mol. The predicted molar refractivity (Wildman–Crippen MR) is 108 cm³/mol. The summed E-state index contributed by atoms with van der Waals surface area (Å²) in [6.07, 6.45) is 5.73. The smallest absolute Gasteiger partial charge is 0.423 e. The third-order valence-corrected chi connectivity index (χ3v) is 8.64. The van der Waals surface area contributed by atoms with E-state index in [-0.39, 0.29) is 5.41 Å². The highest BCUT2D eigenvalue weighted by molar-refractivity contribution is 7.89. The van der Waals surface area contributed by atoms with Crippen LogP contribution in [0.4, 0.5) is 0 Å². The van der Waals surface area contributed by atoms with Crippen molar-refractivity contribution in [2.45, 2.75) is 29.8 Å². The Morgan fingerprint density at radius 3 is 2.79 bits per heavy atom. The van der Waals surface area contributed by atoms with Crippen LogP contribution in [0.3, 0.4) is 0 Å². The topological polar surface area (TPSA) is 95.5 Å². The summed E-state index contributed by atoms with van der Waals surface area (Å²) in [7, 11) is -4.48. The van der Waals surface area contributed by atoms with Gasteiger partial charge < -0.3 is 14.7 Å². The predicted octanol–water partition coefficient (Wildman–Crippen LogP) is 1.35. The van der Waals surface area contributed by atoms with E-state index in [1.807, 2.05) is 18.3 Å². The van der Waals surface area contributed by atoms with Crippen LogP contribution in [0, 0.1) is 5.41 Å². The van der Waals surface area contributed by atoms with Crippen LogP contribution in [0.2, 0.25) is 0 Å². The zero-order valence-corrected chi connectivity index (χ0v) is 16.5. The average Bonchev–Trinajstić information content (AvgIpc) is 3.40. The SMILES string of the molecule is O=S(=O)(c1ccccc1)N1CCC2(C1)CC1(C2)OB(O)c2cnc3[nH]ccc3c21. The standard InChI is InChI=1S/C20H20BN3O4S/c25-21-16-10-23-18-15(6-8-22-18)17(16)20(28-21)11-19(12-20)7-9-24(13-19)29(26,27)14-4-2-1-3-5-14/h1-6,8,10,25H,7,9,11-13H2,(H,22,23). The number of aromatic amines is 1. The fraction of sp³-hybridized carbons (Fsp3) is 0.350. The molecule has 6 rings (SSSR count). The molecule has 1 saturated heterocycles. The first kappa shape index (κ1) is 17.6. The second kappa shape index (κ2) is 5.69. The van der Waals surface area contributed by atoms with Crippen molar-refractivity contribution in [1.29, 1.82) is 0 Å². The van der Waals surface area contributed by atoms with Gasteiger partial charge in [0.2, 0.25) is 10.0 Å². The monoisotopic (exact) mass is 409 g/mol. The minimum Gasteiger partial charge on any atom is -0.423 e. The zero-order valence-electron chi connectivity index (χ0n) is 15.7. The molecule has 4 heterocycles. The van der Waals surface area contributed by atoms with Crippen molar-refractivity contribution in [2.24, 2.45) is 5.41 Å². The summed E-state index contributed by atoms with van der Waals surface area (Å²) in [6.45, 7) is 1.00. The maximum Gasteiger partial charge on any atom is 0.493 e. The van der Waals surface area contributed by atoms with Gasteiger partial charge in [-0.25, -0.2) is 13.4 Å². The van der Waals surface area contributed by atoms with Crippen molar-refractivity contribution < 1.29 is 18.1 Å². The average molecular weight is 409 g/mol. The van der Waals surface area contributed by atoms with Gasteiger partial charge in [-0.05, 0) is 48.4 Å². The molecule has 1 aromatic carbocycles. The van der Waals surface area contributed by atoms with E-state index in [0.29, 0.717) is 30.8 Å². The van der Waals surface area contributed by atoms with Crippen LogP contribution in [0.1, 0.15) is 24.8 Å². The van der Waals surface area contributed by atoms with Gasteiger partial charge in [0, 0.05) is 36.3 Å². The largest absolute Gasteiger partial charge is 0.493 e. The highest BCUT2D eigenvalue weighted by atomic mass is 32.2. The number of rotatable bonds is 2. The van der Waals surface area contributed by atoms with E-state index in [9.17, 15) is 13.4 Å². The molecular formula is C20H20BN3O4S. The fourth-order valence-corrected chi connectivity index (χ4v) is 7.18. The first-order chi connectivity index (χ1) is 13.9. The molecule has 9 heteroatoms. The van der Waals surface area contributed by atoms with Gasteiger partial charge in [-0.1, -0.05) is 18.2 Å². The Kier molecular flexibility index (Phi) is 3.46. The number of pyridine rings is 1. The van der Waals surface area contributed by atoms with Crippen molar-refractivity contribution in [1.82, 2.24) is 14.3 Å². The van der Waals surface area contributed by atoms with Crippen molar-refractivity contribution in [2.75, 3.05) is 13.1 Å². The maximum absolute atomic E-state index is 13.0. The number of nitrogens with one attached hydrogen (secondary N) is 1. The summed E-state index contributed by atoms with van der Waals surface area (Å²) < 4.78 is 33.7. The number of hydrogen-bond donors (Lipinski definition) is 2. The fourth-order valence-electron chi connectivity index (χ4n) is 5.60. The molecule has 0 atom stereocenters. The van der Waals surface area contributed by atoms with Gasteiger partial charge in [0.1, 0.15) is 5.65 Å². The minimum atomic E-state index is -3.49. The van der Waals surface area contributed by atoms with Gasteiger partial charge in [-0.15, -0.1) is 0 Å². The van der Waals surface area contributed by atoms with E-state index in [1.54, 1.807) is 34.8 Å². The van der Waals surface area contributed by atoms with E-state index in [2.05, 4.69) is 9.97 Å². The Morgan fingerprint density at radius 2 is 2.00 bits per heavy atom. The molecule has 29 heavy (non-hydrogen) atoms. The summed E-state index contributed by atoms with van der Waals surface area (Å²) in [5.74, 6) is 0. The second-order valence-electron chi connectivity index (χ2n) is 8.55. The van der Waals surface area contributed by atoms with Crippen LogP contribution in [0.15, 0.2) is 53.7 Å². The number of fused-ring (bicyclic) bond motifs is 4. The number of H-pyrrole nitrogens is 1. The first-order valence-electron chi connectivity index (χ1n) is 9.80. The van der Waals surface area contributed by atoms with Gasteiger partial charge in [0.15, 0.2) is 0 Å². The highest BCUT2D eigenvalue weighted by Crippen LogP contribution is 2.62. The Balaban J connectivity index is 1.31. The molecule has 2 aliphatic heterocycles. The van der Waals surface area contributed by atoms with E-state index >= 15 is 0 Å². The van der Waals surface area contributed by atoms with E-state index in [1.165, 1.54) is 0 Å². The van der Waals surface area contributed by atoms with Crippen LogP contribution in [0.5, 0.6) is 0 Å².